The SMILES string of the molecule is Cc1ccccc1COCCN(C(N)=O)[C@H]1CC[C@H](C)CC1. The number of hydrogen-bond donors (Lipinski definition) is 1. The highest BCUT2D eigenvalue weighted by molar-refractivity contribution is 5.72. The number of nitrogens with two attached hydrogens (primary N) is 1. The minimum Gasteiger partial charge on any atom is -0.375 e. The highest BCUT2D eigenvalue weighted by atomic mass is 16.5. The average Bonchev–Trinajstić information content (AvgIpc) is 2.50. The van der Waals surface area contributed by atoms with Crippen LogP contribution in [0.25, 0.3) is 0 Å². The topological polar surface area (TPSA) is 55.6 Å². The van der Waals surface area contributed by atoms with Gasteiger partial charge in [-0.3, -0.25) is 0 Å². The second-order valence-corrected chi connectivity index (χ2v) is 6.42. The number of rotatable bonds is 6. The molecule has 4 nitrogen and oxygen atoms in total. The zero-order valence-corrected chi connectivity index (χ0v) is 13.8. The van der Waals surface area contributed by atoms with Gasteiger partial charge in [-0.2, -0.15) is 0 Å². The molecule has 0 spiro atoms. The highest BCUT2D eigenvalue weighted by Crippen LogP contribution is 2.26. The van der Waals surface area contributed by atoms with E-state index in [1.807, 2.05) is 12.1 Å². The monoisotopic (exact) mass is 304 g/mol. The van der Waals surface area contributed by atoms with E-state index in [0.717, 1.165) is 18.8 Å². The molecule has 122 valence electrons. The van der Waals surface area contributed by atoms with E-state index >= 15 is 0 Å². The summed E-state index contributed by atoms with van der Waals surface area (Å²) in [4.78, 5) is 13.5. The molecule has 22 heavy (non-hydrogen) atoms. The summed E-state index contributed by atoms with van der Waals surface area (Å²) in [5.74, 6) is 0.767. The minimum atomic E-state index is -0.320. The van der Waals surface area contributed by atoms with Gasteiger partial charge in [-0.05, 0) is 49.7 Å². The normalized spacial score (nSPS) is 21.5. The van der Waals surface area contributed by atoms with E-state index in [9.17, 15) is 4.79 Å². The van der Waals surface area contributed by atoms with Gasteiger partial charge in [0.05, 0.1) is 13.2 Å². The van der Waals surface area contributed by atoms with Gasteiger partial charge < -0.3 is 15.4 Å². The summed E-state index contributed by atoms with van der Waals surface area (Å²) in [6, 6.07) is 8.17. The maximum Gasteiger partial charge on any atom is 0.315 e. The van der Waals surface area contributed by atoms with Crippen molar-refractivity contribution in [2.24, 2.45) is 11.7 Å². The van der Waals surface area contributed by atoms with E-state index in [0.29, 0.717) is 19.8 Å². The largest absolute Gasteiger partial charge is 0.375 e. The Hall–Kier alpha value is -1.55. The van der Waals surface area contributed by atoms with Gasteiger partial charge in [0, 0.05) is 12.6 Å². The second kappa shape index (κ2) is 8.18. The standard InChI is InChI=1S/C18H28N2O2/c1-14-7-9-17(10-8-14)20(18(19)21)11-12-22-13-16-6-4-3-5-15(16)2/h3-6,14,17H,7-13H2,1-2H3,(H2,19,21)/t14-,17-. The Balaban J connectivity index is 1.77. The van der Waals surface area contributed by atoms with Crippen LogP contribution in [0.5, 0.6) is 0 Å². The molecule has 1 saturated carbocycles. The molecule has 1 aliphatic rings. The van der Waals surface area contributed by atoms with Gasteiger partial charge in [0.2, 0.25) is 0 Å². The fourth-order valence-electron chi connectivity index (χ4n) is 3.14. The lowest BCUT2D eigenvalue weighted by Crippen LogP contribution is -2.46. The van der Waals surface area contributed by atoms with Gasteiger partial charge in [-0.15, -0.1) is 0 Å². The summed E-state index contributed by atoms with van der Waals surface area (Å²) in [5, 5.41) is 0. The number of benzene rings is 1. The number of amides is 2. The Morgan fingerprint density at radius 2 is 1.95 bits per heavy atom. The van der Waals surface area contributed by atoms with Crippen LogP contribution in [0.1, 0.15) is 43.7 Å². The third kappa shape index (κ3) is 4.73. The molecule has 0 heterocycles. The molecular weight excluding hydrogens is 276 g/mol. The smallest absolute Gasteiger partial charge is 0.315 e. The van der Waals surface area contributed by atoms with E-state index in [-0.39, 0.29) is 12.1 Å². The van der Waals surface area contributed by atoms with Gasteiger partial charge in [0.25, 0.3) is 0 Å². The van der Waals surface area contributed by atoms with Crippen LogP contribution in [0, 0.1) is 12.8 Å². The molecule has 2 amide bonds. The van der Waals surface area contributed by atoms with Crippen molar-refractivity contribution in [3.63, 3.8) is 0 Å². The zero-order valence-electron chi connectivity index (χ0n) is 13.8. The van der Waals surface area contributed by atoms with E-state index in [1.54, 1.807) is 4.90 Å². The Bertz CT molecular complexity index is 482. The summed E-state index contributed by atoms with van der Waals surface area (Å²) in [7, 11) is 0. The number of hydrogen-bond acceptors (Lipinski definition) is 2. The number of ether oxygens (including phenoxy) is 1. The predicted octanol–water partition coefficient (Wildman–Crippen LogP) is 3.47. The lowest BCUT2D eigenvalue weighted by Gasteiger charge is -2.35. The van der Waals surface area contributed by atoms with Crippen LogP contribution < -0.4 is 5.73 Å². The predicted molar refractivity (Wildman–Crippen MR) is 88.5 cm³/mol. The van der Waals surface area contributed by atoms with Crippen molar-refractivity contribution in [3.8, 4) is 0 Å². The van der Waals surface area contributed by atoms with Crippen LogP contribution in [-0.4, -0.2) is 30.1 Å². The number of primary amides is 1. The first kappa shape index (κ1) is 16.8. The number of urea groups is 1. The zero-order chi connectivity index (χ0) is 15.9. The van der Waals surface area contributed by atoms with Crippen molar-refractivity contribution in [1.29, 1.82) is 0 Å². The number of carbonyl (C=O) groups excluding carboxylic acids is 1. The summed E-state index contributed by atoms with van der Waals surface area (Å²) >= 11 is 0. The first-order valence-electron chi connectivity index (χ1n) is 8.26. The fourth-order valence-corrected chi connectivity index (χ4v) is 3.14. The van der Waals surface area contributed by atoms with Crippen LogP contribution in [0.4, 0.5) is 4.79 Å². The van der Waals surface area contributed by atoms with Crippen molar-refractivity contribution < 1.29 is 9.53 Å². The molecule has 4 heteroatoms. The molecule has 0 atom stereocenters. The molecule has 0 unspecified atom stereocenters. The maximum atomic E-state index is 11.7. The molecule has 0 aliphatic heterocycles. The van der Waals surface area contributed by atoms with E-state index in [4.69, 9.17) is 10.5 Å². The van der Waals surface area contributed by atoms with Crippen molar-refractivity contribution in [1.82, 2.24) is 4.90 Å². The molecule has 1 aliphatic carbocycles. The Kier molecular flexibility index (Phi) is 6.25. The first-order chi connectivity index (χ1) is 10.6. The summed E-state index contributed by atoms with van der Waals surface area (Å²) in [6.45, 7) is 6.05. The summed E-state index contributed by atoms with van der Waals surface area (Å²) in [5.41, 5.74) is 7.98. The molecule has 0 bridgehead atoms. The average molecular weight is 304 g/mol. The van der Waals surface area contributed by atoms with Gasteiger partial charge >= 0.3 is 6.03 Å². The van der Waals surface area contributed by atoms with Crippen LogP contribution in [-0.2, 0) is 11.3 Å². The number of nitrogens with zero attached hydrogens (tertiary/aromatic N) is 1. The van der Waals surface area contributed by atoms with Crippen molar-refractivity contribution in [3.05, 3.63) is 35.4 Å². The lowest BCUT2D eigenvalue weighted by molar-refractivity contribution is 0.0799. The second-order valence-electron chi connectivity index (χ2n) is 6.42. The van der Waals surface area contributed by atoms with Gasteiger partial charge in [-0.25, -0.2) is 4.79 Å². The first-order valence-corrected chi connectivity index (χ1v) is 8.26. The van der Waals surface area contributed by atoms with Crippen LogP contribution >= 0.6 is 0 Å². The van der Waals surface area contributed by atoms with E-state index in [1.165, 1.54) is 24.0 Å². The Morgan fingerprint density at radius 3 is 2.59 bits per heavy atom. The van der Waals surface area contributed by atoms with E-state index in [2.05, 4.69) is 26.0 Å². The minimum absolute atomic E-state index is 0.288. The van der Waals surface area contributed by atoms with Gasteiger partial charge in [-0.1, -0.05) is 31.2 Å². The van der Waals surface area contributed by atoms with E-state index < -0.39 is 0 Å². The van der Waals surface area contributed by atoms with Crippen molar-refractivity contribution in [2.45, 2.75) is 52.2 Å². The summed E-state index contributed by atoms with van der Waals surface area (Å²) in [6.07, 6.45) is 4.47. The molecule has 2 N–H and O–H groups in total. The number of aryl methyl sites for hydroxylation is 1. The van der Waals surface area contributed by atoms with Gasteiger partial charge in [0.1, 0.15) is 0 Å². The Morgan fingerprint density at radius 1 is 1.27 bits per heavy atom. The molecule has 0 saturated heterocycles. The van der Waals surface area contributed by atoms with Crippen LogP contribution in [0.3, 0.4) is 0 Å². The van der Waals surface area contributed by atoms with Crippen LogP contribution in [0.2, 0.25) is 0 Å². The molecular formula is C18H28N2O2. The third-order valence-electron chi connectivity index (χ3n) is 4.70. The molecule has 2 rings (SSSR count). The molecule has 0 aromatic heterocycles. The highest BCUT2D eigenvalue weighted by Gasteiger charge is 2.25. The molecule has 0 radical (unpaired) electrons. The van der Waals surface area contributed by atoms with Crippen molar-refractivity contribution >= 4 is 6.03 Å². The molecule has 1 fully saturated rings. The fraction of sp³-hybridized carbons (Fsp3) is 0.611. The molecule has 1 aromatic rings. The maximum absolute atomic E-state index is 11.7. The summed E-state index contributed by atoms with van der Waals surface area (Å²) < 4.78 is 5.74. The van der Waals surface area contributed by atoms with Crippen LogP contribution in [0.15, 0.2) is 24.3 Å². The quantitative estimate of drug-likeness (QED) is 0.818. The van der Waals surface area contributed by atoms with Gasteiger partial charge in [0.15, 0.2) is 0 Å². The number of carbonyl (C=O) groups is 1. The Labute approximate surface area is 133 Å². The molecule has 1 aromatic carbocycles. The lowest BCUT2D eigenvalue weighted by atomic mass is 9.86. The van der Waals surface area contributed by atoms with Crippen molar-refractivity contribution in [2.75, 3.05) is 13.2 Å². The third-order valence-corrected chi connectivity index (χ3v) is 4.70.